The van der Waals surface area contributed by atoms with Crippen LogP contribution in [0.15, 0.2) is 180 Å². The van der Waals surface area contributed by atoms with E-state index in [4.69, 9.17) is 14.4 Å². The predicted octanol–water partition coefficient (Wildman–Crippen LogP) is 12.8. The fraction of sp³-hybridized carbons (Fsp3) is 0. The summed E-state index contributed by atoms with van der Waals surface area (Å²) in [5, 5.41) is 8.08. The molecule has 0 saturated heterocycles. The molecular weight excluding hydrogens is 635 g/mol. The van der Waals surface area contributed by atoms with E-state index >= 15 is 0 Å². The Kier molecular flexibility index (Phi) is 6.22. The van der Waals surface area contributed by atoms with Crippen LogP contribution in [0.25, 0.3) is 105 Å². The molecule has 0 unspecified atom stereocenters. The predicted molar refractivity (Wildman–Crippen MR) is 215 cm³/mol. The van der Waals surface area contributed by atoms with Crippen LogP contribution >= 0.6 is 0 Å². The number of hydrogen-bond donors (Lipinski definition) is 0. The third kappa shape index (κ3) is 4.41. The summed E-state index contributed by atoms with van der Waals surface area (Å²) in [6, 6.07) is 62.1. The van der Waals surface area contributed by atoms with E-state index < -0.39 is 0 Å². The van der Waals surface area contributed by atoms with Gasteiger partial charge in [-0.05, 0) is 75.1 Å². The molecule has 4 nitrogen and oxygen atoms in total. The van der Waals surface area contributed by atoms with Crippen molar-refractivity contribution in [1.82, 2.24) is 14.5 Å². The molecule has 11 aromatic rings. The molecule has 0 aliphatic carbocycles. The van der Waals surface area contributed by atoms with Crippen LogP contribution in [-0.2, 0) is 0 Å². The van der Waals surface area contributed by atoms with Crippen molar-refractivity contribution in [2.45, 2.75) is 0 Å². The zero-order chi connectivity index (χ0) is 34.2. The maximum absolute atomic E-state index is 6.62. The summed E-state index contributed by atoms with van der Waals surface area (Å²) < 4.78 is 9.02. The van der Waals surface area contributed by atoms with E-state index in [0.29, 0.717) is 11.4 Å². The van der Waals surface area contributed by atoms with Gasteiger partial charge in [-0.1, -0.05) is 133 Å². The Hall–Kier alpha value is -7.04. The van der Waals surface area contributed by atoms with Crippen molar-refractivity contribution in [2.75, 3.05) is 0 Å². The minimum absolute atomic E-state index is 0.645. The highest BCUT2D eigenvalue weighted by Gasteiger charge is 2.23. The van der Waals surface area contributed by atoms with Crippen LogP contribution in [0, 0.1) is 0 Å². The highest BCUT2D eigenvalue weighted by molar-refractivity contribution is 6.14. The van der Waals surface area contributed by atoms with Gasteiger partial charge in [0, 0.05) is 27.3 Å². The van der Waals surface area contributed by atoms with E-state index in [0.717, 1.165) is 71.9 Å². The van der Waals surface area contributed by atoms with Gasteiger partial charge >= 0.3 is 0 Å². The number of fused-ring (bicyclic) bond motifs is 8. The average Bonchev–Trinajstić information content (AvgIpc) is 3.74. The first-order chi connectivity index (χ1) is 25.8. The van der Waals surface area contributed by atoms with Crippen LogP contribution in [0.1, 0.15) is 0 Å². The van der Waals surface area contributed by atoms with Gasteiger partial charge in [0.15, 0.2) is 11.4 Å². The van der Waals surface area contributed by atoms with Crippen LogP contribution in [0.2, 0.25) is 0 Å². The van der Waals surface area contributed by atoms with Crippen molar-refractivity contribution in [3.05, 3.63) is 176 Å². The molecule has 0 atom stereocenters. The van der Waals surface area contributed by atoms with Gasteiger partial charge in [0.1, 0.15) is 16.8 Å². The third-order valence-corrected chi connectivity index (χ3v) is 10.4. The lowest BCUT2D eigenvalue weighted by molar-refractivity contribution is 0.667. The number of nitrogens with zero attached hydrogens (tertiary/aromatic N) is 3. The Bertz CT molecular complexity index is 3180. The maximum Gasteiger partial charge on any atom is 0.180 e. The van der Waals surface area contributed by atoms with Crippen LogP contribution in [0.4, 0.5) is 0 Å². The van der Waals surface area contributed by atoms with Gasteiger partial charge < -0.3 is 8.98 Å². The highest BCUT2D eigenvalue weighted by atomic mass is 16.3. The van der Waals surface area contributed by atoms with Crippen molar-refractivity contribution in [3.63, 3.8) is 0 Å². The van der Waals surface area contributed by atoms with Gasteiger partial charge in [-0.2, -0.15) is 0 Å². The zero-order valence-corrected chi connectivity index (χ0v) is 28.0. The lowest BCUT2D eigenvalue weighted by Gasteiger charge is -2.16. The van der Waals surface area contributed by atoms with Gasteiger partial charge in [-0.3, -0.25) is 0 Å². The standard InChI is InChI=1S/C48H29N3O/c1-3-13-30(14-4-1)36-23-24-44-40(27-36)46-47(52-44)45(31-15-5-2-6-16-31)49-48(50-46)39-26-33-18-8-10-20-35(33)29-43(39)51-41-22-12-11-21-37(41)38-25-32-17-7-9-19-34(32)28-42(38)51/h1-29H. The fourth-order valence-electron chi connectivity index (χ4n) is 7.87. The minimum atomic E-state index is 0.645. The van der Waals surface area contributed by atoms with E-state index in [-0.39, 0.29) is 0 Å². The topological polar surface area (TPSA) is 43.9 Å². The lowest BCUT2D eigenvalue weighted by Crippen LogP contribution is -2.01. The van der Waals surface area contributed by atoms with Gasteiger partial charge in [0.05, 0.1) is 16.7 Å². The fourth-order valence-corrected chi connectivity index (χ4v) is 7.87. The first kappa shape index (κ1) is 28.8. The monoisotopic (exact) mass is 663 g/mol. The van der Waals surface area contributed by atoms with Crippen molar-refractivity contribution in [3.8, 4) is 39.5 Å². The molecule has 11 rings (SSSR count). The smallest absolute Gasteiger partial charge is 0.180 e. The average molecular weight is 664 g/mol. The Balaban J connectivity index is 1.26. The van der Waals surface area contributed by atoms with Crippen molar-refractivity contribution >= 4 is 65.4 Å². The second kappa shape index (κ2) is 11.2. The van der Waals surface area contributed by atoms with Crippen molar-refractivity contribution in [2.24, 2.45) is 0 Å². The minimum Gasteiger partial charge on any atom is -0.452 e. The lowest BCUT2D eigenvalue weighted by atomic mass is 10.0. The highest BCUT2D eigenvalue weighted by Crippen LogP contribution is 2.42. The number of hydrogen-bond acceptors (Lipinski definition) is 3. The molecule has 0 fully saturated rings. The van der Waals surface area contributed by atoms with E-state index in [1.807, 2.05) is 24.3 Å². The molecule has 0 radical (unpaired) electrons. The molecule has 3 aromatic heterocycles. The molecule has 0 saturated carbocycles. The molecule has 0 spiro atoms. The van der Waals surface area contributed by atoms with E-state index in [1.54, 1.807) is 0 Å². The molecule has 0 amide bonds. The molecule has 0 bridgehead atoms. The molecule has 4 heteroatoms. The molecule has 8 aromatic carbocycles. The molecule has 0 aliphatic heterocycles. The number of benzene rings is 8. The SMILES string of the molecule is c1ccc(-c2ccc3oc4c(-c5ccccc5)nc(-c5cc6ccccc6cc5-n5c6ccccc6c6cc7ccccc7cc65)nc4c3c2)cc1. The zero-order valence-electron chi connectivity index (χ0n) is 28.0. The summed E-state index contributed by atoms with van der Waals surface area (Å²) in [7, 11) is 0. The number of furan rings is 1. The Morgan fingerprint density at radius 2 is 1.06 bits per heavy atom. The number of aromatic nitrogens is 3. The first-order valence-electron chi connectivity index (χ1n) is 17.6. The summed E-state index contributed by atoms with van der Waals surface area (Å²) in [6.07, 6.45) is 0. The molecule has 3 heterocycles. The molecule has 0 aliphatic rings. The van der Waals surface area contributed by atoms with Crippen molar-refractivity contribution in [1.29, 1.82) is 0 Å². The van der Waals surface area contributed by atoms with E-state index in [1.165, 1.54) is 21.5 Å². The Labute approximate surface area is 298 Å². The number of rotatable bonds is 4. The quantitative estimate of drug-likeness (QED) is 0.188. The van der Waals surface area contributed by atoms with Crippen molar-refractivity contribution < 1.29 is 4.42 Å². The summed E-state index contributed by atoms with van der Waals surface area (Å²) in [5.41, 5.74) is 10.5. The van der Waals surface area contributed by atoms with Crippen LogP contribution in [-0.4, -0.2) is 14.5 Å². The molecule has 0 N–H and O–H groups in total. The summed E-state index contributed by atoms with van der Waals surface area (Å²) in [4.78, 5) is 10.8. The molecular formula is C48H29N3O. The Morgan fingerprint density at radius 3 is 1.83 bits per heavy atom. The summed E-state index contributed by atoms with van der Waals surface area (Å²) in [6.45, 7) is 0. The molecule has 52 heavy (non-hydrogen) atoms. The van der Waals surface area contributed by atoms with Crippen LogP contribution in [0.5, 0.6) is 0 Å². The second-order valence-electron chi connectivity index (χ2n) is 13.4. The summed E-state index contributed by atoms with van der Waals surface area (Å²) >= 11 is 0. The third-order valence-electron chi connectivity index (χ3n) is 10.4. The van der Waals surface area contributed by atoms with E-state index in [2.05, 4.69) is 156 Å². The van der Waals surface area contributed by atoms with Gasteiger partial charge in [-0.15, -0.1) is 0 Å². The maximum atomic E-state index is 6.62. The normalized spacial score (nSPS) is 11.8. The summed E-state index contributed by atoms with van der Waals surface area (Å²) in [5.74, 6) is 0.645. The van der Waals surface area contributed by atoms with E-state index in [9.17, 15) is 0 Å². The number of para-hydroxylation sites is 1. The van der Waals surface area contributed by atoms with Crippen LogP contribution in [0.3, 0.4) is 0 Å². The first-order valence-corrected chi connectivity index (χ1v) is 17.6. The van der Waals surface area contributed by atoms with Gasteiger partial charge in [0.2, 0.25) is 0 Å². The van der Waals surface area contributed by atoms with Gasteiger partial charge in [-0.25, -0.2) is 9.97 Å². The van der Waals surface area contributed by atoms with Gasteiger partial charge in [0.25, 0.3) is 0 Å². The van der Waals surface area contributed by atoms with Crippen LogP contribution < -0.4 is 0 Å². The molecule has 242 valence electrons. The second-order valence-corrected chi connectivity index (χ2v) is 13.4. The Morgan fingerprint density at radius 1 is 0.423 bits per heavy atom. The largest absolute Gasteiger partial charge is 0.452 e.